The van der Waals surface area contributed by atoms with Crippen molar-refractivity contribution < 1.29 is 4.42 Å². The molecule has 1 aromatic carbocycles. The number of aromatic nitrogens is 1. The number of rotatable bonds is 4. The summed E-state index contributed by atoms with van der Waals surface area (Å²) < 4.78 is 5.44. The predicted octanol–water partition coefficient (Wildman–Crippen LogP) is 4.42. The van der Waals surface area contributed by atoms with Crippen molar-refractivity contribution in [3.63, 3.8) is 0 Å². The summed E-state index contributed by atoms with van der Waals surface area (Å²) in [6, 6.07) is 7.02. The Morgan fingerprint density at radius 2 is 2.19 bits per heavy atom. The van der Waals surface area contributed by atoms with Crippen LogP contribution in [0.5, 0.6) is 0 Å². The molecule has 0 amide bonds. The van der Waals surface area contributed by atoms with E-state index in [0.29, 0.717) is 21.5 Å². The first-order chi connectivity index (χ1) is 10.0. The van der Waals surface area contributed by atoms with E-state index in [-0.39, 0.29) is 17.5 Å². The Morgan fingerprint density at radius 3 is 2.81 bits per heavy atom. The largest absolute Gasteiger partial charge is 0.422 e. The molecule has 1 aromatic heterocycles. The van der Waals surface area contributed by atoms with Crippen LogP contribution in [-0.4, -0.2) is 11.2 Å². The maximum absolute atomic E-state index is 9.00. The lowest BCUT2D eigenvalue weighted by atomic mass is 10.2. The molecule has 0 aliphatic heterocycles. The van der Waals surface area contributed by atoms with Crippen LogP contribution in [0.15, 0.2) is 27.7 Å². The Bertz CT molecular complexity index is 716. The van der Waals surface area contributed by atoms with E-state index in [4.69, 9.17) is 32.9 Å². The average Bonchev–Trinajstić information content (AvgIpc) is 2.85. The number of oxazole rings is 1. The van der Waals surface area contributed by atoms with Gasteiger partial charge >= 0.3 is 0 Å². The highest BCUT2D eigenvalue weighted by Crippen LogP contribution is 2.22. The molecular formula is C14H12Cl2N4O. The van der Waals surface area contributed by atoms with Crippen molar-refractivity contribution in [2.45, 2.75) is 19.8 Å². The van der Waals surface area contributed by atoms with Crippen molar-refractivity contribution in [3.05, 3.63) is 45.4 Å². The number of benzene rings is 1. The summed E-state index contributed by atoms with van der Waals surface area (Å²) in [7, 11) is 0. The predicted molar refractivity (Wildman–Crippen MR) is 83.0 cm³/mol. The number of nitriles is 1. The van der Waals surface area contributed by atoms with Gasteiger partial charge in [-0.15, -0.1) is 0 Å². The van der Waals surface area contributed by atoms with E-state index < -0.39 is 0 Å². The lowest BCUT2D eigenvalue weighted by Crippen LogP contribution is -1.92. The van der Waals surface area contributed by atoms with Gasteiger partial charge in [-0.05, 0) is 12.1 Å². The van der Waals surface area contributed by atoms with Crippen LogP contribution >= 0.6 is 23.2 Å². The fourth-order valence-electron chi connectivity index (χ4n) is 1.50. The SMILES string of the molecule is CC(C)c1nc(C#N)c(NN=Cc2ccc(Cl)cc2Cl)o1. The molecule has 21 heavy (non-hydrogen) atoms. The van der Waals surface area contributed by atoms with Crippen LogP contribution in [0, 0.1) is 11.3 Å². The number of halogens is 2. The lowest BCUT2D eigenvalue weighted by molar-refractivity contribution is 0.481. The maximum atomic E-state index is 9.00. The minimum atomic E-state index is 0.0855. The fraction of sp³-hybridized carbons (Fsp3) is 0.214. The van der Waals surface area contributed by atoms with Gasteiger partial charge in [0.25, 0.3) is 5.88 Å². The topological polar surface area (TPSA) is 74.2 Å². The molecule has 0 fully saturated rings. The molecule has 1 N–H and O–H groups in total. The van der Waals surface area contributed by atoms with Crippen LogP contribution in [-0.2, 0) is 0 Å². The third-order valence-corrected chi connectivity index (χ3v) is 3.14. The molecule has 0 bridgehead atoms. The number of anilines is 1. The molecule has 0 aliphatic carbocycles. The minimum Gasteiger partial charge on any atom is -0.422 e. The summed E-state index contributed by atoms with van der Waals surface area (Å²) in [5, 5.41) is 14.0. The van der Waals surface area contributed by atoms with Gasteiger partial charge in [0.1, 0.15) is 6.07 Å². The summed E-state index contributed by atoms with van der Waals surface area (Å²) in [6.45, 7) is 3.85. The monoisotopic (exact) mass is 322 g/mol. The molecule has 7 heteroatoms. The standard InChI is InChI=1S/C14H12Cl2N4O/c1-8(2)13-19-12(6-17)14(21-13)20-18-7-9-3-4-10(15)5-11(9)16/h3-5,7-8,20H,1-2H3. The summed E-state index contributed by atoms with van der Waals surface area (Å²) in [5.74, 6) is 0.777. The first-order valence-electron chi connectivity index (χ1n) is 6.16. The molecule has 0 atom stereocenters. The molecule has 2 aromatic rings. The van der Waals surface area contributed by atoms with Crippen molar-refractivity contribution in [1.29, 1.82) is 5.26 Å². The first kappa shape index (κ1) is 15.4. The quantitative estimate of drug-likeness (QED) is 0.667. The van der Waals surface area contributed by atoms with Crippen molar-refractivity contribution in [1.82, 2.24) is 4.98 Å². The summed E-state index contributed by atoms with van der Waals surface area (Å²) in [6.07, 6.45) is 1.51. The first-order valence-corrected chi connectivity index (χ1v) is 6.91. The van der Waals surface area contributed by atoms with Gasteiger partial charge in [-0.3, -0.25) is 0 Å². The Morgan fingerprint density at radius 1 is 1.43 bits per heavy atom. The Balaban J connectivity index is 2.16. The summed E-state index contributed by atoms with van der Waals surface area (Å²) in [5.41, 5.74) is 3.51. The Kier molecular flexibility index (Phi) is 4.84. The minimum absolute atomic E-state index is 0.0855. The maximum Gasteiger partial charge on any atom is 0.252 e. The van der Waals surface area contributed by atoms with Gasteiger partial charge in [-0.2, -0.15) is 10.4 Å². The molecular weight excluding hydrogens is 311 g/mol. The molecule has 0 unspecified atom stereocenters. The highest BCUT2D eigenvalue weighted by atomic mass is 35.5. The van der Waals surface area contributed by atoms with E-state index in [9.17, 15) is 0 Å². The average molecular weight is 323 g/mol. The van der Waals surface area contributed by atoms with Gasteiger partial charge in [-0.1, -0.05) is 43.1 Å². The van der Waals surface area contributed by atoms with Gasteiger partial charge in [0.05, 0.1) is 11.2 Å². The van der Waals surface area contributed by atoms with Crippen LogP contribution in [0.2, 0.25) is 10.0 Å². The zero-order valence-electron chi connectivity index (χ0n) is 11.4. The zero-order valence-corrected chi connectivity index (χ0v) is 12.9. The van der Waals surface area contributed by atoms with Crippen molar-refractivity contribution in [3.8, 4) is 6.07 Å². The van der Waals surface area contributed by atoms with E-state index >= 15 is 0 Å². The van der Waals surface area contributed by atoms with Gasteiger partial charge in [0.2, 0.25) is 11.6 Å². The number of hydrogen-bond acceptors (Lipinski definition) is 5. The molecule has 108 valence electrons. The van der Waals surface area contributed by atoms with Gasteiger partial charge in [0, 0.05) is 16.5 Å². The van der Waals surface area contributed by atoms with E-state index in [1.807, 2.05) is 19.9 Å². The van der Waals surface area contributed by atoms with E-state index in [0.717, 1.165) is 0 Å². The number of hydrazone groups is 1. The lowest BCUT2D eigenvalue weighted by Gasteiger charge is -1.99. The van der Waals surface area contributed by atoms with Gasteiger partial charge in [0.15, 0.2) is 0 Å². The highest BCUT2D eigenvalue weighted by Gasteiger charge is 2.14. The smallest absolute Gasteiger partial charge is 0.252 e. The number of nitrogens with one attached hydrogen (secondary N) is 1. The van der Waals surface area contributed by atoms with Crippen molar-refractivity contribution in [2.75, 3.05) is 5.43 Å². The Hall–Kier alpha value is -2.03. The fourth-order valence-corrected chi connectivity index (χ4v) is 1.96. The molecule has 2 rings (SSSR count). The zero-order chi connectivity index (χ0) is 15.4. The van der Waals surface area contributed by atoms with Crippen molar-refractivity contribution >= 4 is 35.3 Å². The van der Waals surface area contributed by atoms with Crippen LogP contribution in [0.25, 0.3) is 0 Å². The van der Waals surface area contributed by atoms with Gasteiger partial charge in [-0.25, -0.2) is 10.4 Å². The van der Waals surface area contributed by atoms with Crippen LogP contribution in [0.1, 0.15) is 36.9 Å². The third-order valence-electron chi connectivity index (χ3n) is 2.58. The molecule has 0 saturated heterocycles. The normalized spacial score (nSPS) is 11.0. The molecule has 0 saturated carbocycles. The molecule has 0 aliphatic rings. The van der Waals surface area contributed by atoms with Crippen LogP contribution < -0.4 is 5.43 Å². The Labute approximate surface area is 132 Å². The van der Waals surface area contributed by atoms with E-state index in [2.05, 4.69) is 15.5 Å². The summed E-state index contributed by atoms with van der Waals surface area (Å²) in [4.78, 5) is 4.08. The van der Waals surface area contributed by atoms with Crippen LogP contribution in [0.3, 0.4) is 0 Å². The second-order valence-corrected chi connectivity index (χ2v) is 5.38. The van der Waals surface area contributed by atoms with E-state index in [1.54, 1.807) is 18.2 Å². The highest BCUT2D eigenvalue weighted by molar-refractivity contribution is 6.36. The second-order valence-electron chi connectivity index (χ2n) is 4.53. The van der Waals surface area contributed by atoms with E-state index in [1.165, 1.54) is 6.21 Å². The molecule has 0 spiro atoms. The van der Waals surface area contributed by atoms with Crippen LogP contribution in [0.4, 0.5) is 5.88 Å². The van der Waals surface area contributed by atoms with Crippen molar-refractivity contribution in [2.24, 2.45) is 5.10 Å². The second kappa shape index (κ2) is 6.61. The molecule has 0 radical (unpaired) electrons. The van der Waals surface area contributed by atoms with Gasteiger partial charge < -0.3 is 4.42 Å². The molecule has 1 heterocycles. The number of nitrogens with zero attached hydrogens (tertiary/aromatic N) is 3. The third kappa shape index (κ3) is 3.75. The number of hydrogen-bond donors (Lipinski definition) is 1. The summed E-state index contributed by atoms with van der Waals surface area (Å²) >= 11 is 11.8. The molecule has 5 nitrogen and oxygen atoms in total.